The first-order valence-corrected chi connectivity index (χ1v) is 14.6. The molecular formula is C24H38O4Si. The molecule has 2 fully saturated rings. The van der Waals surface area contributed by atoms with Gasteiger partial charge in [-0.15, -0.1) is 0 Å². The van der Waals surface area contributed by atoms with Gasteiger partial charge >= 0.3 is 0 Å². The molecule has 0 radical (unpaired) electrons. The molecule has 29 heavy (non-hydrogen) atoms. The highest BCUT2D eigenvalue weighted by Gasteiger charge is 2.56. The number of hydrogen-bond acceptors (Lipinski definition) is 4. The summed E-state index contributed by atoms with van der Waals surface area (Å²) in [5.41, 5.74) is 3.11. The zero-order chi connectivity index (χ0) is 21.0. The van der Waals surface area contributed by atoms with Crippen LogP contribution in [0.2, 0.25) is 19.6 Å². The second-order valence-corrected chi connectivity index (χ2v) is 14.9. The van der Waals surface area contributed by atoms with Gasteiger partial charge in [0, 0.05) is 5.56 Å². The summed E-state index contributed by atoms with van der Waals surface area (Å²) < 4.78 is 23.8. The zero-order valence-corrected chi connectivity index (χ0v) is 20.3. The average molecular weight is 419 g/mol. The van der Waals surface area contributed by atoms with Crippen LogP contribution in [0.5, 0.6) is 17.2 Å². The fourth-order valence-corrected chi connectivity index (χ4v) is 8.02. The third kappa shape index (κ3) is 3.38. The normalized spacial score (nSPS) is 33.5. The highest BCUT2D eigenvalue weighted by atomic mass is 28.4. The van der Waals surface area contributed by atoms with Gasteiger partial charge < -0.3 is 18.6 Å². The van der Waals surface area contributed by atoms with Crippen LogP contribution in [0.1, 0.15) is 56.1 Å². The molecule has 162 valence electrons. The lowest BCUT2D eigenvalue weighted by molar-refractivity contribution is -0.0142. The van der Waals surface area contributed by atoms with Gasteiger partial charge in [-0.2, -0.15) is 0 Å². The van der Waals surface area contributed by atoms with Crippen LogP contribution in [0.3, 0.4) is 0 Å². The van der Waals surface area contributed by atoms with Gasteiger partial charge in [0.05, 0.1) is 27.4 Å². The average Bonchev–Trinajstić information content (AvgIpc) is 3.00. The summed E-state index contributed by atoms with van der Waals surface area (Å²) in [5.74, 6) is 4.49. The summed E-state index contributed by atoms with van der Waals surface area (Å²) >= 11 is 0. The molecule has 3 aliphatic rings. The second-order valence-electron chi connectivity index (χ2n) is 10.5. The van der Waals surface area contributed by atoms with E-state index in [1.165, 1.54) is 43.2 Å². The van der Waals surface area contributed by atoms with E-state index in [0.717, 1.165) is 35.5 Å². The Morgan fingerprint density at radius 2 is 1.66 bits per heavy atom. The molecule has 0 spiro atoms. The highest BCUT2D eigenvalue weighted by Crippen LogP contribution is 2.63. The Kier molecular flexibility index (Phi) is 5.43. The maximum absolute atomic E-state index is 6.71. The Morgan fingerprint density at radius 3 is 2.28 bits per heavy atom. The van der Waals surface area contributed by atoms with Gasteiger partial charge in [-0.1, -0.05) is 6.92 Å². The minimum Gasteiger partial charge on any atom is -0.493 e. The van der Waals surface area contributed by atoms with E-state index in [4.69, 9.17) is 18.6 Å². The Morgan fingerprint density at radius 1 is 0.931 bits per heavy atom. The lowest BCUT2D eigenvalue weighted by Gasteiger charge is -2.51. The Labute approximate surface area is 177 Å². The van der Waals surface area contributed by atoms with E-state index in [9.17, 15) is 0 Å². The molecule has 0 heterocycles. The number of benzene rings is 1. The monoisotopic (exact) mass is 418 g/mol. The summed E-state index contributed by atoms with van der Waals surface area (Å²) in [6.45, 7) is 9.52. The maximum atomic E-state index is 6.71. The van der Waals surface area contributed by atoms with Crippen LogP contribution in [0.4, 0.5) is 0 Å². The largest absolute Gasteiger partial charge is 0.493 e. The van der Waals surface area contributed by atoms with E-state index in [1.807, 2.05) is 0 Å². The van der Waals surface area contributed by atoms with Crippen molar-refractivity contribution in [3.63, 3.8) is 0 Å². The highest BCUT2D eigenvalue weighted by molar-refractivity contribution is 6.69. The van der Waals surface area contributed by atoms with Gasteiger partial charge in [0.15, 0.2) is 19.8 Å². The zero-order valence-electron chi connectivity index (χ0n) is 19.3. The van der Waals surface area contributed by atoms with Gasteiger partial charge in [-0.3, -0.25) is 0 Å². The molecule has 5 atom stereocenters. The van der Waals surface area contributed by atoms with Crippen LogP contribution >= 0.6 is 0 Å². The van der Waals surface area contributed by atoms with Crippen molar-refractivity contribution in [1.29, 1.82) is 0 Å². The standard InChI is InChI=1S/C24H38O4Si/c1-24-13-12-15-16(19(24)10-11-21(24)28-29(5,6)7)8-9-17-18(15)14-20(25-2)23(27-4)22(17)26-3/h14-16,19,21H,8-13H2,1-7H3/t15-,16+,19-,21-,24-/m0/s1. The molecule has 0 saturated heterocycles. The molecule has 0 N–H and O–H groups in total. The lowest BCUT2D eigenvalue weighted by atomic mass is 9.55. The topological polar surface area (TPSA) is 36.9 Å². The first-order valence-electron chi connectivity index (χ1n) is 11.2. The van der Waals surface area contributed by atoms with Crippen molar-refractivity contribution >= 4 is 8.32 Å². The molecule has 5 heteroatoms. The molecule has 4 nitrogen and oxygen atoms in total. The summed E-state index contributed by atoms with van der Waals surface area (Å²) in [7, 11) is 3.63. The lowest BCUT2D eigenvalue weighted by Crippen LogP contribution is -2.47. The molecular weight excluding hydrogens is 380 g/mol. The molecule has 4 rings (SSSR count). The van der Waals surface area contributed by atoms with E-state index in [1.54, 1.807) is 21.3 Å². The molecule has 2 saturated carbocycles. The quantitative estimate of drug-likeness (QED) is 0.567. The van der Waals surface area contributed by atoms with Gasteiger partial charge in [-0.25, -0.2) is 0 Å². The molecule has 3 aliphatic carbocycles. The van der Waals surface area contributed by atoms with Crippen molar-refractivity contribution in [2.75, 3.05) is 21.3 Å². The number of hydrogen-bond donors (Lipinski definition) is 0. The van der Waals surface area contributed by atoms with Gasteiger partial charge in [0.25, 0.3) is 0 Å². The van der Waals surface area contributed by atoms with Crippen molar-refractivity contribution < 1.29 is 18.6 Å². The van der Waals surface area contributed by atoms with Crippen LogP contribution in [-0.2, 0) is 10.8 Å². The molecule has 0 unspecified atom stereocenters. The maximum Gasteiger partial charge on any atom is 0.203 e. The second kappa shape index (κ2) is 7.49. The Bertz CT molecular complexity index is 771. The van der Waals surface area contributed by atoms with E-state index in [-0.39, 0.29) is 0 Å². The van der Waals surface area contributed by atoms with Crippen LogP contribution in [0, 0.1) is 17.3 Å². The minimum atomic E-state index is -1.53. The number of fused-ring (bicyclic) bond motifs is 5. The third-order valence-electron chi connectivity index (χ3n) is 7.94. The van der Waals surface area contributed by atoms with Crippen molar-refractivity contribution in [2.45, 2.75) is 77.1 Å². The molecule has 0 bridgehead atoms. The van der Waals surface area contributed by atoms with Gasteiger partial charge in [0.1, 0.15) is 0 Å². The Hall–Kier alpha value is -1.20. The summed E-state index contributed by atoms with van der Waals surface area (Å²) in [6, 6.07) is 2.24. The minimum absolute atomic E-state index is 0.333. The Balaban J connectivity index is 1.69. The van der Waals surface area contributed by atoms with Crippen LogP contribution < -0.4 is 14.2 Å². The predicted molar refractivity (Wildman–Crippen MR) is 119 cm³/mol. The van der Waals surface area contributed by atoms with Gasteiger partial charge in [-0.05, 0) is 93.0 Å². The number of methoxy groups -OCH3 is 3. The van der Waals surface area contributed by atoms with Crippen LogP contribution in [0.25, 0.3) is 0 Å². The van der Waals surface area contributed by atoms with Gasteiger partial charge in [0.2, 0.25) is 5.75 Å². The molecule has 0 aliphatic heterocycles. The summed E-state index contributed by atoms with van der Waals surface area (Å²) in [4.78, 5) is 0. The smallest absolute Gasteiger partial charge is 0.203 e. The summed E-state index contributed by atoms with van der Waals surface area (Å²) in [6.07, 6.45) is 7.78. The van der Waals surface area contributed by atoms with E-state index >= 15 is 0 Å². The first-order chi connectivity index (χ1) is 13.7. The predicted octanol–water partition coefficient (Wildman–Crippen LogP) is 5.79. The van der Waals surface area contributed by atoms with E-state index in [2.05, 4.69) is 32.6 Å². The van der Waals surface area contributed by atoms with Crippen molar-refractivity contribution in [2.24, 2.45) is 17.3 Å². The van der Waals surface area contributed by atoms with Crippen molar-refractivity contribution in [3.05, 3.63) is 17.2 Å². The number of ether oxygens (including phenoxy) is 3. The fourth-order valence-electron chi connectivity index (χ4n) is 6.78. The van der Waals surface area contributed by atoms with E-state index < -0.39 is 8.32 Å². The van der Waals surface area contributed by atoms with Crippen molar-refractivity contribution in [1.82, 2.24) is 0 Å². The molecule has 0 amide bonds. The SMILES string of the molecule is COc1cc2c(c(OC)c1OC)CC[C@@H]1[C@@H]2CC[C@]2(C)[C@@H](O[Si](C)(C)C)CC[C@@H]12. The first kappa shape index (κ1) is 21.0. The number of rotatable bonds is 5. The molecule has 1 aromatic rings. The summed E-state index contributed by atoms with van der Waals surface area (Å²) in [5, 5.41) is 0. The van der Waals surface area contributed by atoms with Crippen molar-refractivity contribution in [3.8, 4) is 17.2 Å². The third-order valence-corrected chi connectivity index (χ3v) is 8.93. The van der Waals surface area contributed by atoms with E-state index in [0.29, 0.717) is 17.4 Å². The fraction of sp³-hybridized carbons (Fsp3) is 0.750. The molecule has 0 aromatic heterocycles. The molecule has 1 aromatic carbocycles. The van der Waals surface area contributed by atoms with Crippen LogP contribution in [-0.4, -0.2) is 35.8 Å². The van der Waals surface area contributed by atoms with Crippen LogP contribution in [0.15, 0.2) is 6.07 Å².